The average Bonchev–Trinajstić information content (AvgIpc) is 3.41. The highest BCUT2D eigenvalue weighted by atomic mass is 19.1. The number of fused-ring (bicyclic) bond motifs is 1. The van der Waals surface area contributed by atoms with Crippen molar-refractivity contribution < 1.29 is 27.9 Å². The van der Waals surface area contributed by atoms with Gasteiger partial charge in [0.1, 0.15) is 5.75 Å². The van der Waals surface area contributed by atoms with E-state index in [9.17, 15) is 9.18 Å². The van der Waals surface area contributed by atoms with Crippen molar-refractivity contribution in [3.8, 4) is 34.3 Å². The minimum Gasteiger partial charge on any atom is -0.493 e. The molecule has 1 N–H and O–H groups in total. The van der Waals surface area contributed by atoms with Crippen LogP contribution in [0, 0.1) is 5.82 Å². The van der Waals surface area contributed by atoms with Crippen molar-refractivity contribution in [2.24, 2.45) is 0 Å². The summed E-state index contributed by atoms with van der Waals surface area (Å²) in [7, 11) is 3.05. The van der Waals surface area contributed by atoms with Gasteiger partial charge in [-0.25, -0.2) is 4.39 Å². The van der Waals surface area contributed by atoms with E-state index in [0.717, 1.165) is 5.56 Å². The lowest BCUT2D eigenvalue weighted by Gasteiger charge is -2.13. The zero-order valence-corrected chi connectivity index (χ0v) is 19.3. The first-order chi connectivity index (χ1) is 17.6. The Labute approximate surface area is 205 Å². The van der Waals surface area contributed by atoms with Gasteiger partial charge >= 0.3 is 0 Å². The SMILES string of the molecule is COc1cc2nccc(Oc3ccc(NC(=O)c4cc(-c5ccccc5)on4)cc3F)c2cc1OC. The maximum atomic E-state index is 14.9. The van der Waals surface area contributed by atoms with Crippen LogP contribution < -0.4 is 19.5 Å². The zero-order valence-electron chi connectivity index (χ0n) is 19.3. The molecule has 2 aromatic heterocycles. The molecular weight excluding hydrogens is 465 g/mol. The van der Waals surface area contributed by atoms with Crippen LogP contribution in [0.2, 0.25) is 0 Å². The lowest BCUT2D eigenvalue weighted by Crippen LogP contribution is -2.12. The Morgan fingerprint density at radius 1 is 0.889 bits per heavy atom. The van der Waals surface area contributed by atoms with Crippen molar-refractivity contribution in [2.75, 3.05) is 19.5 Å². The fourth-order valence-electron chi connectivity index (χ4n) is 3.63. The van der Waals surface area contributed by atoms with Crippen LogP contribution in [0.4, 0.5) is 10.1 Å². The number of hydrogen-bond donors (Lipinski definition) is 1. The molecule has 0 saturated heterocycles. The molecule has 1 amide bonds. The molecule has 0 atom stereocenters. The molecule has 180 valence electrons. The van der Waals surface area contributed by atoms with E-state index in [1.807, 2.05) is 30.3 Å². The van der Waals surface area contributed by atoms with Gasteiger partial charge in [0, 0.05) is 41.0 Å². The third kappa shape index (κ3) is 4.54. The third-order valence-corrected chi connectivity index (χ3v) is 5.42. The highest BCUT2D eigenvalue weighted by Gasteiger charge is 2.16. The number of carbonyl (C=O) groups is 1. The number of hydrogen-bond acceptors (Lipinski definition) is 7. The number of pyridine rings is 1. The summed E-state index contributed by atoms with van der Waals surface area (Å²) >= 11 is 0. The van der Waals surface area contributed by atoms with Crippen molar-refractivity contribution in [3.63, 3.8) is 0 Å². The second kappa shape index (κ2) is 9.75. The van der Waals surface area contributed by atoms with E-state index in [0.29, 0.717) is 33.9 Å². The molecule has 0 radical (unpaired) electrons. The first-order valence-corrected chi connectivity index (χ1v) is 10.9. The summed E-state index contributed by atoms with van der Waals surface area (Å²) in [6.45, 7) is 0. The van der Waals surface area contributed by atoms with Gasteiger partial charge in [0.2, 0.25) is 0 Å². The number of anilines is 1. The monoisotopic (exact) mass is 485 g/mol. The molecule has 36 heavy (non-hydrogen) atoms. The fourth-order valence-corrected chi connectivity index (χ4v) is 3.63. The Morgan fingerprint density at radius 2 is 1.67 bits per heavy atom. The van der Waals surface area contributed by atoms with Gasteiger partial charge in [0.05, 0.1) is 19.7 Å². The maximum Gasteiger partial charge on any atom is 0.277 e. The van der Waals surface area contributed by atoms with Gasteiger partial charge in [-0.3, -0.25) is 9.78 Å². The molecular formula is C27H20FN3O5. The molecule has 8 nitrogen and oxygen atoms in total. The van der Waals surface area contributed by atoms with E-state index in [1.165, 1.54) is 38.5 Å². The number of nitrogens with one attached hydrogen (secondary N) is 1. The van der Waals surface area contributed by atoms with Gasteiger partial charge in [-0.15, -0.1) is 0 Å². The quantitative estimate of drug-likeness (QED) is 0.298. The molecule has 3 aromatic carbocycles. The predicted octanol–water partition coefficient (Wildman–Crippen LogP) is 6.09. The van der Waals surface area contributed by atoms with Gasteiger partial charge < -0.3 is 24.1 Å². The minimum absolute atomic E-state index is 0.0249. The Hall–Kier alpha value is -4.92. The summed E-state index contributed by atoms with van der Waals surface area (Å²) in [4.78, 5) is 16.9. The van der Waals surface area contributed by atoms with Gasteiger partial charge in [-0.05, 0) is 24.3 Å². The largest absolute Gasteiger partial charge is 0.493 e. The van der Waals surface area contributed by atoms with Crippen LogP contribution in [0.3, 0.4) is 0 Å². The van der Waals surface area contributed by atoms with Crippen molar-refractivity contribution in [1.29, 1.82) is 0 Å². The van der Waals surface area contributed by atoms with Crippen LogP contribution >= 0.6 is 0 Å². The molecule has 5 aromatic rings. The summed E-state index contributed by atoms with van der Waals surface area (Å²) in [6, 6.07) is 20.0. The number of rotatable bonds is 7. The number of carbonyl (C=O) groups excluding carboxylic acids is 1. The summed E-state index contributed by atoms with van der Waals surface area (Å²) in [5, 5.41) is 7.04. The van der Waals surface area contributed by atoms with E-state index in [4.69, 9.17) is 18.7 Å². The fraction of sp³-hybridized carbons (Fsp3) is 0.0741. The number of benzene rings is 3. The number of halogens is 1. The minimum atomic E-state index is -0.664. The Bertz CT molecular complexity index is 1550. The molecule has 0 aliphatic heterocycles. The summed E-state index contributed by atoms with van der Waals surface area (Å²) < 4.78 is 36.7. The number of ether oxygens (including phenoxy) is 3. The van der Waals surface area contributed by atoms with Gasteiger partial charge in [-0.2, -0.15) is 0 Å². The molecule has 0 unspecified atom stereocenters. The Balaban J connectivity index is 1.34. The lowest BCUT2D eigenvalue weighted by atomic mass is 10.1. The summed E-state index contributed by atoms with van der Waals surface area (Å²) in [5.74, 6) is 0.623. The van der Waals surface area contributed by atoms with E-state index >= 15 is 0 Å². The number of amides is 1. The van der Waals surface area contributed by atoms with Crippen LogP contribution in [-0.4, -0.2) is 30.3 Å². The molecule has 0 fully saturated rings. The first kappa shape index (κ1) is 22.9. The van der Waals surface area contributed by atoms with Crippen LogP contribution in [0.5, 0.6) is 23.0 Å². The second-order valence-corrected chi connectivity index (χ2v) is 7.68. The highest BCUT2D eigenvalue weighted by Crippen LogP contribution is 2.37. The van der Waals surface area contributed by atoms with Crippen molar-refractivity contribution in [1.82, 2.24) is 10.1 Å². The number of methoxy groups -OCH3 is 2. The standard InChI is InChI=1S/C27H20FN3O5/c1-33-25-13-18-20(14-26(25)34-2)29-11-10-22(18)35-23-9-8-17(12-19(23)28)30-27(32)21-15-24(36-31-21)16-6-4-3-5-7-16/h3-15H,1-2H3,(H,30,32). The van der Waals surface area contributed by atoms with E-state index < -0.39 is 11.7 Å². The van der Waals surface area contributed by atoms with Gasteiger partial charge in [0.15, 0.2) is 34.5 Å². The zero-order chi connectivity index (χ0) is 25.1. The maximum absolute atomic E-state index is 14.9. The topological polar surface area (TPSA) is 95.7 Å². The van der Waals surface area contributed by atoms with Gasteiger partial charge in [-0.1, -0.05) is 35.5 Å². The third-order valence-electron chi connectivity index (χ3n) is 5.42. The molecule has 0 spiro atoms. The lowest BCUT2D eigenvalue weighted by molar-refractivity contribution is 0.101. The summed E-state index contributed by atoms with van der Waals surface area (Å²) in [5.41, 5.74) is 1.69. The van der Waals surface area contributed by atoms with Crippen LogP contribution in [0.15, 0.2) is 83.5 Å². The highest BCUT2D eigenvalue weighted by molar-refractivity contribution is 6.03. The second-order valence-electron chi connectivity index (χ2n) is 7.68. The molecule has 9 heteroatoms. The summed E-state index contributed by atoms with van der Waals surface area (Å²) in [6.07, 6.45) is 1.55. The van der Waals surface area contributed by atoms with Crippen molar-refractivity contribution >= 4 is 22.5 Å². The molecule has 0 aliphatic rings. The van der Waals surface area contributed by atoms with Crippen molar-refractivity contribution in [2.45, 2.75) is 0 Å². The molecule has 2 heterocycles. The van der Waals surface area contributed by atoms with Crippen LogP contribution in [0.1, 0.15) is 10.5 Å². The van der Waals surface area contributed by atoms with Crippen LogP contribution in [-0.2, 0) is 0 Å². The van der Waals surface area contributed by atoms with E-state index in [-0.39, 0.29) is 17.1 Å². The number of nitrogens with zero attached hydrogens (tertiary/aromatic N) is 2. The predicted molar refractivity (Wildman–Crippen MR) is 131 cm³/mol. The first-order valence-electron chi connectivity index (χ1n) is 10.9. The van der Waals surface area contributed by atoms with Crippen LogP contribution in [0.25, 0.3) is 22.2 Å². The Kier molecular flexibility index (Phi) is 6.19. The Morgan fingerprint density at radius 3 is 2.42 bits per heavy atom. The molecule has 0 aliphatic carbocycles. The van der Waals surface area contributed by atoms with Crippen molar-refractivity contribution in [3.05, 3.63) is 90.5 Å². The van der Waals surface area contributed by atoms with E-state index in [1.54, 1.807) is 24.4 Å². The number of aromatic nitrogens is 2. The molecule has 0 bridgehead atoms. The molecule has 0 saturated carbocycles. The smallest absolute Gasteiger partial charge is 0.277 e. The normalized spacial score (nSPS) is 10.8. The average molecular weight is 485 g/mol. The van der Waals surface area contributed by atoms with Gasteiger partial charge in [0.25, 0.3) is 5.91 Å². The van der Waals surface area contributed by atoms with E-state index in [2.05, 4.69) is 15.5 Å². The molecule has 5 rings (SSSR count).